The first-order chi connectivity index (χ1) is 9.26. The number of benzene rings is 1. The highest BCUT2D eigenvalue weighted by atomic mass is 16.5. The molecule has 0 aliphatic carbocycles. The third-order valence-electron chi connectivity index (χ3n) is 2.40. The van der Waals surface area contributed by atoms with Gasteiger partial charge in [0.05, 0.1) is 19.7 Å². The van der Waals surface area contributed by atoms with Crippen molar-refractivity contribution in [2.45, 2.75) is 0 Å². The number of hydrogen-bond donors (Lipinski definition) is 3. The number of aromatic amines is 1. The van der Waals surface area contributed by atoms with Crippen LogP contribution in [0.1, 0.15) is 5.56 Å². The maximum atomic E-state index is 5.18. The Morgan fingerprint density at radius 3 is 2.74 bits per heavy atom. The molecule has 0 aliphatic rings. The molecule has 0 fully saturated rings. The van der Waals surface area contributed by atoms with Gasteiger partial charge in [0.25, 0.3) is 0 Å². The molecule has 102 valence electrons. The molecule has 6 heteroatoms. The number of nitrogens with two attached hydrogens (primary N) is 1. The van der Waals surface area contributed by atoms with Crippen LogP contribution in [0.25, 0.3) is 10.9 Å². The van der Waals surface area contributed by atoms with E-state index in [9.17, 15) is 0 Å². The SMILES string of the molecule is CN/N=C/c1c[nH]c2ccc(OC)cc12.CN=CN. The Hall–Kier alpha value is -2.50. The molecule has 1 aromatic heterocycles. The molecule has 0 saturated heterocycles. The smallest absolute Gasteiger partial charge is 0.119 e. The molecule has 0 saturated carbocycles. The Labute approximate surface area is 112 Å². The summed E-state index contributed by atoms with van der Waals surface area (Å²) in [5.41, 5.74) is 9.58. The van der Waals surface area contributed by atoms with E-state index in [4.69, 9.17) is 10.5 Å². The first-order valence-corrected chi connectivity index (χ1v) is 5.74. The van der Waals surface area contributed by atoms with Crippen molar-refractivity contribution in [2.75, 3.05) is 21.2 Å². The lowest BCUT2D eigenvalue weighted by Gasteiger charge is -1.99. The lowest BCUT2D eigenvalue weighted by atomic mass is 10.2. The van der Waals surface area contributed by atoms with E-state index in [1.165, 1.54) is 6.34 Å². The molecule has 1 aromatic carbocycles. The third-order valence-corrected chi connectivity index (χ3v) is 2.40. The number of ether oxygens (including phenoxy) is 1. The van der Waals surface area contributed by atoms with Gasteiger partial charge in [-0.1, -0.05) is 0 Å². The summed E-state index contributed by atoms with van der Waals surface area (Å²) in [6.45, 7) is 0. The van der Waals surface area contributed by atoms with E-state index in [0.29, 0.717) is 0 Å². The highest BCUT2D eigenvalue weighted by molar-refractivity contribution is 5.99. The van der Waals surface area contributed by atoms with E-state index >= 15 is 0 Å². The zero-order chi connectivity index (χ0) is 14.1. The van der Waals surface area contributed by atoms with Gasteiger partial charge >= 0.3 is 0 Å². The van der Waals surface area contributed by atoms with E-state index in [2.05, 4.69) is 20.5 Å². The Morgan fingerprint density at radius 1 is 1.42 bits per heavy atom. The van der Waals surface area contributed by atoms with Crippen molar-refractivity contribution < 1.29 is 4.74 Å². The number of H-pyrrole nitrogens is 1. The van der Waals surface area contributed by atoms with Crippen LogP contribution in [0.5, 0.6) is 5.75 Å². The quantitative estimate of drug-likeness (QED) is 0.442. The van der Waals surface area contributed by atoms with E-state index < -0.39 is 0 Å². The fourth-order valence-corrected chi connectivity index (χ4v) is 1.49. The summed E-state index contributed by atoms with van der Waals surface area (Å²) in [5, 5.41) is 5.09. The van der Waals surface area contributed by atoms with Gasteiger partial charge in [-0.05, 0) is 18.2 Å². The van der Waals surface area contributed by atoms with Crippen LogP contribution in [0.3, 0.4) is 0 Å². The Morgan fingerprint density at radius 2 is 2.16 bits per heavy atom. The van der Waals surface area contributed by atoms with Gasteiger partial charge in [-0.2, -0.15) is 5.10 Å². The highest BCUT2D eigenvalue weighted by Crippen LogP contribution is 2.22. The molecule has 0 atom stereocenters. The third kappa shape index (κ3) is 4.02. The zero-order valence-corrected chi connectivity index (χ0v) is 11.3. The fraction of sp³-hybridized carbons (Fsp3) is 0.231. The number of nitrogens with zero attached hydrogens (tertiary/aromatic N) is 2. The highest BCUT2D eigenvalue weighted by Gasteiger charge is 2.02. The van der Waals surface area contributed by atoms with Crippen LogP contribution in [0, 0.1) is 0 Å². The van der Waals surface area contributed by atoms with Crippen molar-refractivity contribution >= 4 is 23.5 Å². The van der Waals surface area contributed by atoms with Gasteiger partial charge in [-0.15, -0.1) is 0 Å². The van der Waals surface area contributed by atoms with Gasteiger partial charge in [-0.3, -0.25) is 4.99 Å². The van der Waals surface area contributed by atoms with Gasteiger partial charge in [-0.25, -0.2) is 0 Å². The minimum absolute atomic E-state index is 0.848. The Balaban J connectivity index is 0.000000399. The van der Waals surface area contributed by atoms with Crippen LogP contribution in [-0.2, 0) is 0 Å². The second-order valence-corrected chi connectivity index (χ2v) is 3.54. The largest absolute Gasteiger partial charge is 0.497 e. The molecule has 4 N–H and O–H groups in total. The van der Waals surface area contributed by atoms with Gasteiger partial charge in [0.2, 0.25) is 0 Å². The fourth-order valence-electron chi connectivity index (χ4n) is 1.49. The van der Waals surface area contributed by atoms with Gasteiger partial charge in [0.15, 0.2) is 0 Å². The van der Waals surface area contributed by atoms with Gasteiger partial charge in [0.1, 0.15) is 5.75 Å². The Kier molecular flexibility index (Phi) is 5.94. The van der Waals surface area contributed by atoms with Crippen molar-refractivity contribution in [1.29, 1.82) is 0 Å². The van der Waals surface area contributed by atoms with Crippen LogP contribution in [-0.4, -0.2) is 38.7 Å². The number of nitrogens with one attached hydrogen (secondary N) is 2. The summed E-state index contributed by atoms with van der Waals surface area (Å²) in [5.74, 6) is 0.848. The normalized spacial score (nSPS) is 10.7. The second kappa shape index (κ2) is 7.75. The van der Waals surface area contributed by atoms with Crippen molar-refractivity contribution in [3.63, 3.8) is 0 Å². The summed E-state index contributed by atoms with van der Waals surface area (Å²) < 4.78 is 5.18. The lowest BCUT2D eigenvalue weighted by Crippen LogP contribution is -1.94. The zero-order valence-electron chi connectivity index (χ0n) is 11.3. The average molecular weight is 261 g/mol. The maximum Gasteiger partial charge on any atom is 0.119 e. The van der Waals surface area contributed by atoms with E-state index in [1.54, 1.807) is 27.4 Å². The molecule has 0 amide bonds. The molecule has 6 nitrogen and oxygen atoms in total. The molecular formula is C13H19N5O. The molecular weight excluding hydrogens is 242 g/mol. The summed E-state index contributed by atoms with van der Waals surface area (Å²) >= 11 is 0. The second-order valence-electron chi connectivity index (χ2n) is 3.54. The molecule has 1 heterocycles. The lowest BCUT2D eigenvalue weighted by molar-refractivity contribution is 0.415. The molecule has 0 aliphatic heterocycles. The van der Waals surface area contributed by atoms with Crippen molar-refractivity contribution in [1.82, 2.24) is 10.4 Å². The first kappa shape index (κ1) is 14.6. The standard InChI is InChI=1S/C11H13N3O.C2H6N2/c1-12-14-7-8-6-13-11-4-3-9(15-2)5-10(8)11;1-4-2-3/h3-7,12-13H,1-2H3;2H,1H3,(H2,3,4)/b14-7+;. The molecule has 0 unspecified atom stereocenters. The van der Waals surface area contributed by atoms with Crippen LogP contribution < -0.4 is 15.9 Å². The number of hydrogen-bond acceptors (Lipinski definition) is 4. The van der Waals surface area contributed by atoms with E-state index in [-0.39, 0.29) is 0 Å². The minimum atomic E-state index is 0.848. The molecule has 2 rings (SSSR count). The monoisotopic (exact) mass is 261 g/mol. The summed E-state index contributed by atoms with van der Waals surface area (Å²) in [6.07, 6.45) is 4.95. The molecule has 0 bridgehead atoms. The Bertz CT molecular complexity index is 555. The molecule has 0 spiro atoms. The van der Waals surface area contributed by atoms with E-state index in [0.717, 1.165) is 22.2 Å². The average Bonchev–Trinajstić information content (AvgIpc) is 2.87. The topological polar surface area (TPSA) is 87.8 Å². The van der Waals surface area contributed by atoms with Crippen molar-refractivity contribution in [2.24, 2.45) is 15.8 Å². The minimum Gasteiger partial charge on any atom is -0.497 e. The summed E-state index contributed by atoms with van der Waals surface area (Å²) in [4.78, 5) is 6.56. The molecule has 2 aromatic rings. The summed E-state index contributed by atoms with van der Waals surface area (Å²) in [6, 6.07) is 5.91. The van der Waals surface area contributed by atoms with Crippen molar-refractivity contribution in [3.8, 4) is 5.75 Å². The summed E-state index contributed by atoms with van der Waals surface area (Å²) in [7, 11) is 5.06. The van der Waals surface area contributed by atoms with Gasteiger partial charge in [0, 0.05) is 36.8 Å². The van der Waals surface area contributed by atoms with Crippen LogP contribution >= 0.6 is 0 Å². The number of fused-ring (bicyclic) bond motifs is 1. The number of aromatic nitrogens is 1. The number of hydrazone groups is 1. The van der Waals surface area contributed by atoms with Crippen LogP contribution in [0.15, 0.2) is 34.5 Å². The van der Waals surface area contributed by atoms with Crippen molar-refractivity contribution in [3.05, 3.63) is 30.0 Å². The predicted molar refractivity (Wildman–Crippen MR) is 80.1 cm³/mol. The van der Waals surface area contributed by atoms with Gasteiger partial charge < -0.3 is 20.9 Å². The predicted octanol–water partition coefficient (Wildman–Crippen LogP) is 1.33. The number of rotatable bonds is 3. The molecule has 19 heavy (non-hydrogen) atoms. The van der Waals surface area contributed by atoms with E-state index in [1.807, 2.05) is 24.4 Å². The van der Waals surface area contributed by atoms with Crippen LogP contribution in [0.4, 0.5) is 0 Å². The first-order valence-electron chi connectivity index (χ1n) is 5.74. The number of aliphatic imine (C=N–C) groups is 1. The number of methoxy groups -OCH3 is 1. The molecule has 0 radical (unpaired) electrons. The maximum absolute atomic E-state index is 5.18. The van der Waals surface area contributed by atoms with Crippen LogP contribution in [0.2, 0.25) is 0 Å².